The summed E-state index contributed by atoms with van der Waals surface area (Å²) in [5.41, 5.74) is 7.07. The van der Waals surface area contributed by atoms with Gasteiger partial charge in [0.05, 0.1) is 6.54 Å². The number of guanidine groups is 1. The summed E-state index contributed by atoms with van der Waals surface area (Å²) in [6.07, 6.45) is 1.04. The van der Waals surface area contributed by atoms with E-state index in [2.05, 4.69) is 34.2 Å². The van der Waals surface area contributed by atoms with Crippen LogP contribution in [0.2, 0.25) is 0 Å². The van der Waals surface area contributed by atoms with Gasteiger partial charge in [0.1, 0.15) is 0 Å². The van der Waals surface area contributed by atoms with Gasteiger partial charge in [-0.1, -0.05) is 30.3 Å². The van der Waals surface area contributed by atoms with Crippen molar-refractivity contribution in [2.45, 2.75) is 6.42 Å². The van der Waals surface area contributed by atoms with Gasteiger partial charge in [-0.2, -0.15) is 0 Å². The molecule has 1 aliphatic heterocycles. The van der Waals surface area contributed by atoms with Gasteiger partial charge in [0.2, 0.25) is 0 Å². The first-order valence-electron chi connectivity index (χ1n) is 4.95. The van der Waals surface area contributed by atoms with Crippen molar-refractivity contribution in [2.75, 3.05) is 19.6 Å². The van der Waals surface area contributed by atoms with Crippen molar-refractivity contribution in [3.05, 3.63) is 35.9 Å². The molecule has 0 fully saturated rings. The molecule has 0 bridgehead atoms. The molecule has 1 heterocycles. The van der Waals surface area contributed by atoms with E-state index < -0.39 is 0 Å². The number of benzene rings is 1. The van der Waals surface area contributed by atoms with Crippen LogP contribution in [-0.4, -0.2) is 30.5 Å². The molecular formula is C11H15N3. The highest BCUT2D eigenvalue weighted by Gasteiger charge is 2.12. The van der Waals surface area contributed by atoms with Gasteiger partial charge >= 0.3 is 0 Å². The molecule has 2 rings (SSSR count). The lowest BCUT2D eigenvalue weighted by atomic mass is 10.1. The maximum absolute atomic E-state index is 5.72. The fourth-order valence-corrected chi connectivity index (χ4v) is 1.63. The Morgan fingerprint density at radius 2 is 2.07 bits per heavy atom. The van der Waals surface area contributed by atoms with Crippen molar-refractivity contribution >= 4 is 5.96 Å². The summed E-state index contributed by atoms with van der Waals surface area (Å²) < 4.78 is 0. The highest BCUT2D eigenvalue weighted by atomic mass is 15.3. The average Bonchev–Trinajstić information content (AvgIpc) is 2.63. The van der Waals surface area contributed by atoms with Gasteiger partial charge in [-0.15, -0.1) is 0 Å². The molecule has 1 aliphatic rings. The second-order valence-corrected chi connectivity index (χ2v) is 3.46. The van der Waals surface area contributed by atoms with E-state index in [0.29, 0.717) is 5.96 Å². The maximum Gasteiger partial charge on any atom is 0.191 e. The van der Waals surface area contributed by atoms with E-state index in [0.717, 1.165) is 26.1 Å². The summed E-state index contributed by atoms with van der Waals surface area (Å²) in [6, 6.07) is 10.5. The van der Waals surface area contributed by atoms with Gasteiger partial charge in [-0.05, 0) is 12.0 Å². The molecule has 0 radical (unpaired) electrons. The number of nitrogens with zero attached hydrogens (tertiary/aromatic N) is 2. The van der Waals surface area contributed by atoms with Crippen molar-refractivity contribution in [3.63, 3.8) is 0 Å². The van der Waals surface area contributed by atoms with Crippen LogP contribution in [0.4, 0.5) is 0 Å². The summed E-state index contributed by atoms with van der Waals surface area (Å²) in [5, 5.41) is 0. The molecule has 3 nitrogen and oxygen atoms in total. The smallest absolute Gasteiger partial charge is 0.191 e. The van der Waals surface area contributed by atoms with Crippen LogP contribution >= 0.6 is 0 Å². The highest BCUT2D eigenvalue weighted by Crippen LogP contribution is 2.03. The zero-order chi connectivity index (χ0) is 9.80. The van der Waals surface area contributed by atoms with E-state index in [1.54, 1.807) is 0 Å². The van der Waals surface area contributed by atoms with Crippen LogP contribution < -0.4 is 5.73 Å². The molecule has 74 valence electrons. The Bertz CT molecular complexity index is 319. The Balaban J connectivity index is 1.86. The molecule has 1 aromatic carbocycles. The normalized spacial score (nSPS) is 15.7. The molecule has 0 saturated carbocycles. The molecule has 0 aromatic heterocycles. The van der Waals surface area contributed by atoms with Crippen LogP contribution in [0.1, 0.15) is 5.56 Å². The lowest BCUT2D eigenvalue weighted by Crippen LogP contribution is -2.35. The lowest BCUT2D eigenvalue weighted by molar-refractivity contribution is 0.457. The minimum Gasteiger partial charge on any atom is -0.370 e. The Labute approximate surface area is 84.2 Å². The van der Waals surface area contributed by atoms with Crippen LogP contribution in [0.5, 0.6) is 0 Å². The Hall–Kier alpha value is -1.51. The molecule has 3 heteroatoms. The summed E-state index contributed by atoms with van der Waals surface area (Å²) in [6.45, 7) is 2.79. The van der Waals surface area contributed by atoms with Gasteiger partial charge in [0, 0.05) is 13.1 Å². The number of hydrogen-bond acceptors (Lipinski definition) is 3. The fourth-order valence-electron chi connectivity index (χ4n) is 1.63. The van der Waals surface area contributed by atoms with Crippen molar-refractivity contribution in [1.29, 1.82) is 0 Å². The highest BCUT2D eigenvalue weighted by molar-refractivity contribution is 5.79. The number of nitrogens with two attached hydrogens (primary N) is 1. The van der Waals surface area contributed by atoms with Crippen molar-refractivity contribution in [1.82, 2.24) is 4.90 Å². The number of rotatable bonds is 3. The van der Waals surface area contributed by atoms with Crippen LogP contribution in [0, 0.1) is 0 Å². The quantitative estimate of drug-likeness (QED) is 0.766. The molecule has 0 atom stereocenters. The summed E-state index contributed by atoms with van der Waals surface area (Å²) in [5.74, 6) is 0.695. The molecule has 0 amide bonds. The maximum atomic E-state index is 5.72. The van der Waals surface area contributed by atoms with E-state index in [1.165, 1.54) is 5.56 Å². The lowest BCUT2D eigenvalue weighted by Gasteiger charge is -2.16. The molecule has 0 saturated heterocycles. The molecule has 0 aliphatic carbocycles. The van der Waals surface area contributed by atoms with E-state index in [9.17, 15) is 0 Å². The Morgan fingerprint density at radius 1 is 1.29 bits per heavy atom. The molecular weight excluding hydrogens is 174 g/mol. The predicted octanol–water partition coefficient (Wildman–Crippen LogP) is 0.859. The van der Waals surface area contributed by atoms with Gasteiger partial charge < -0.3 is 10.6 Å². The standard InChI is InChI=1S/C11H15N3/c12-11-13-7-9-14(11)8-6-10-4-2-1-3-5-10/h1-5H,6-9H2,(H2,12,13). The first kappa shape index (κ1) is 9.06. The van der Waals surface area contributed by atoms with Crippen LogP contribution in [-0.2, 0) is 6.42 Å². The first-order chi connectivity index (χ1) is 6.86. The Kier molecular flexibility index (Phi) is 2.68. The van der Waals surface area contributed by atoms with Crippen LogP contribution in [0.25, 0.3) is 0 Å². The van der Waals surface area contributed by atoms with Gasteiger partial charge in [-0.3, -0.25) is 4.99 Å². The van der Waals surface area contributed by atoms with E-state index in [4.69, 9.17) is 5.73 Å². The summed E-state index contributed by atoms with van der Waals surface area (Å²) in [7, 11) is 0. The largest absolute Gasteiger partial charge is 0.370 e. The monoisotopic (exact) mass is 189 g/mol. The molecule has 0 spiro atoms. The van der Waals surface area contributed by atoms with E-state index >= 15 is 0 Å². The minimum absolute atomic E-state index is 0.695. The Morgan fingerprint density at radius 3 is 2.71 bits per heavy atom. The van der Waals surface area contributed by atoms with Crippen molar-refractivity contribution in [3.8, 4) is 0 Å². The fraction of sp³-hybridized carbons (Fsp3) is 0.364. The zero-order valence-electron chi connectivity index (χ0n) is 8.19. The van der Waals surface area contributed by atoms with Crippen LogP contribution in [0.15, 0.2) is 35.3 Å². The van der Waals surface area contributed by atoms with Gasteiger partial charge in [-0.25, -0.2) is 0 Å². The number of aliphatic imine (C=N–C) groups is 1. The second kappa shape index (κ2) is 4.13. The molecule has 14 heavy (non-hydrogen) atoms. The minimum atomic E-state index is 0.695. The molecule has 1 aromatic rings. The van der Waals surface area contributed by atoms with Crippen molar-refractivity contribution < 1.29 is 0 Å². The van der Waals surface area contributed by atoms with Crippen molar-refractivity contribution in [2.24, 2.45) is 10.7 Å². The second-order valence-electron chi connectivity index (χ2n) is 3.46. The zero-order valence-corrected chi connectivity index (χ0v) is 8.19. The van der Waals surface area contributed by atoms with E-state index in [-0.39, 0.29) is 0 Å². The third kappa shape index (κ3) is 2.05. The predicted molar refractivity (Wildman–Crippen MR) is 58.2 cm³/mol. The molecule has 2 N–H and O–H groups in total. The van der Waals surface area contributed by atoms with Gasteiger partial charge in [0.15, 0.2) is 5.96 Å². The molecule has 0 unspecified atom stereocenters. The van der Waals surface area contributed by atoms with Crippen LogP contribution in [0.3, 0.4) is 0 Å². The number of hydrogen-bond donors (Lipinski definition) is 1. The summed E-state index contributed by atoms with van der Waals surface area (Å²) >= 11 is 0. The van der Waals surface area contributed by atoms with E-state index in [1.807, 2.05) is 6.07 Å². The third-order valence-corrected chi connectivity index (χ3v) is 2.48. The van der Waals surface area contributed by atoms with Gasteiger partial charge in [0.25, 0.3) is 0 Å². The topological polar surface area (TPSA) is 41.6 Å². The summed E-state index contributed by atoms with van der Waals surface area (Å²) in [4.78, 5) is 6.28. The average molecular weight is 189 g/mol. The SMILES string of the molecule is NC1=NCCN1CCc1ccccc1. The first-order valence-corrected chi connectivity index (χ1v) is 4.95. The third-order valence-electron chi connectivity index (χ3n) is 2.48.